The van der Waals surface area contributed by atoms with E-state index in [0.717, 1.165) is 0 Å². The van der Waals surface area contributed by atoms with E-state index >= 15 is 0 Å². The fourth-order valence-electron chi connectivity index (χ4n) is 2.83. The predicted molar refractivity (Wildman–Crippen MR) is 71.2 cm³/mol. The lowest BCUT2D eigenvalue weighted by atomic mass is 9.84. The lowest BCUT2D eigenvalue weighted by Gasteiger charge is -2.47. The maximum Gasteiger partial charge on any atom is 0.335 e. The van der Waals surface area contributed by atoms with Gasteiger partial charge in [-0.05, 0) is 62.8 Å². The monoisotopic (exact) mass is 245 g/mol. The summed E-state index contributed by atoms with van der Waals surface area (Å²) in [6.45, 7) is 0. The van der Waals surface area contributed by atoms with Crippen LogP contribution in [0.15, 0.2) is 24.3 Å². The van der Waals surface area contributed by atoms with E-state index in [1.807, 2.05) is 12.1 Å². The van der Waals surface area contributed by atoms with Crippen LogP contribution in [0.25, 0.3) is 0 Å². The van der Waals surface area contributed by atoms with E-state index in [1.54, 1.807) is 12.1 Å². The van der Waals surface area contributed by atoms with Gasteiger partial charge in [-0.2, -0.15) is 0 Å². The third kappa shape index (κ3) is 1.98. The molecule has 3 nitrogen and oxygen atoms in total. The van der Waals surface area contributed by atoms with Crippen molar-refractivity contribution in [2.75, 3.05) is 4.90 Å². The molecule has 96 valence electrons. The molecule has 18 heavy (non-hydrogen) atoms. The fourth-order valence-corrected chi connectivity index (χ4v) is 2.83. The first kappa shape index (κ1) is 11.6. The number of hydrogen-bond donors (Lipinski definition) is 1. The van der Waals surface area contributed by atoms with E-state index in [2.05, 4.69) is 4.90 Å². The van der Waals surface area contributed by atoms with E-state index in [4.69, 9.17) is 5.11 Å². The van der Waals surface area contributed by atoms with Gasteiger partial charge in [0.25, 0.3) is 0 Å². The molecule has 3 heteroatoms. The molecule has 0 unspecified atom stereocenters. The fraction of sp³-hybridized carbons (Fsp3) is 0.533. The normalized spacial score (nSPS) is 20.0. The lowest BCUT2D eigenvalue weighted by molar-refractivity contribution is 0.0697. The van der Waals surface area contributed by atoms with Gasteiger partial charge < -0.3 is 10.0 Å². The van der Waals surface area contributed by atoms with Crippen molar-refractivity contribution < 1.29 is 9.90 Å². The molecule has 2 aliphatic carbocycles. The van der Waals surface area contributed by atoms with Crippen molar-refractivity contribution in [3.8, 4) is 0 Å². The number of carboxylic acid groups (broad SMARTS) is 1. The van der Waals surface area contributed by atoms with Crippen molar-refractivity contribution in [1.82, 2.24) is 0 Å². The van der Waals surface area contributed by atoms with E-state index in [9.17, 15) is 4.79 Å². The van der Waals surface area contributed by atoms with Gasteiger partial charge in [-0.3, -0.25) is 0 Å². The standard InChI is InChI=1S/C15H19NO2/c17-15(18)11-7-9-14(10-8-11)16(12-3-1-4-12)13-5-2-6-13/h7-10,12-13H,1-6H2,(H,17,18). The summed E-state index contributed by atoms with van der Waals surface area (Å²) in [5, 5.41) is 8.93. The molecule has 2 saturated carbocycles. The molecule has 2 fully saturated rings. The molecule has 0 atom stereocenters. The van der Waals surface area contributed by atoms with Crippen LogP contribution in [0.3, 0.4) is 0 Å². The minimum Gasteiger partial charge on any atom is -0.478 e. The van der Waals surface area contributed by atoms with Gasteiger partial charge in [0.05, 0.1) is 5.56 Å². The second kappa shape index (κ2) is 4.63. The van der Waals surface area contributed by atoms with Gasteiger partial charge in [0, 0.05) is 17.8 Å². The Morgan fingerprint density at radius 3 is 1.83 bits per heavy atom. The van der Waals surface area contributed by atoms with Crippen LogP contribution in [-0.4, -0.2) is 23.2 Å². The number of benzene rings is 1. The molecule has 2 aliphatic rings. The van der Waals surface area contributed by atoms with Crippen LogP contribution in [0.1, 0.15) is 48.9 Å². The lowest BCUT2D eigenvalue weighted by Crippen LogP contribution is -2.49. The summed E-state index contributed by atoms with van der Waals surface area (Å²) < 4.78 is 0. The van der Waals surface area contributed by atoms with Crippen molar-refractivity contribution in [2.24, 2.45) is 0 Å². The zero-order valence-corrected chi connectivity index (χ0v) is 10.5. The molecular formula is C15H19NO2. The Morgan fingerprint density at radius 1 is 1.00 bits per heavy atom. The van der Waals surface area contributed by atoms with Gasteiger partial charge in [-0.1, -0.05) is 0 Å². The Bertz CT molecular complexity index is 418. The van der Waals surface area contributed by atoms with E-state index < -0.39 is 5.97 Å². The molecule has 0 heterocycles. The zero-order valence-electron chi connectivity index (χ0n) is 10.5. The van der Waals surface area contributed by atoms with Crippen LogP contribution in [-0.2, 0) is 0 Å². The zero-order chi connectivity index (χ0) is 12.5. The summed E-state index contributed by atoms with van der Waals surface area (Å²) in [5.74, 6) is -0.847. The first-order chi connectivity index (χ1) is 8.75. The van der Waals surface area contributed by atoms with Crippen LogP contribution in [0.2, 0.25) is 0 Å². The van der Waals surface area contributed by atoms with Crippen LogP contribution < -0.4 is 4.90 Å². The molecule has 1 N–H and O–H groups in total. The first-order valence-electron chi connectivity index (χ1n) is 6.87. The Hall–Kier alpha value is -1.51. The molecule has 3 rings (SSSR count). The quantitative estimate of drug-likeness (QED) is 0.884. The molecular weight excluding hydrogens is 226 g/mol. The van der Waals surface area contributed by atoms with Crippen LogP contribution in [0.5, 0.6) is 0 Å². The average Bonchev–Trinajstić information content (AvgIpc) is 2.23. The number of aromatic carboxylic acids is 1. The summed E-state index contributed by atoms with van der Waals surface area (Å²) in [5.41, 5.74) is 1.58. The van der Waals surface area contributed by atoms with Crippen molar-refractivity contribution in [3.05, 3.63) is 29.8 Å². The highest BCUT2D eigenvalue weighted by Gasteiger charge is 2.33. The van der Waals surface area contributed by atoms with Gasteiger partial charge in [-0.15, -0.1) is 0 Å². The highest BCUT2D eigenvalue weighted by atomic mass is 16.4. The van der Waals surface area contributed by atoms with Crippen molar-refractivity contribution in [3.63, 3.8) is 0 Å². The Kier molecular flexibility index (Phi) is 2.98. The third-order valence-corrected chi connectivity index (χ3v) is 4.35. The number of carbonyl (C=O) groups is 1. The Balaban J connectivity index is 1.82. The van der Waals surface area contributed by atoms with Crippen LogP contribution in [0, 0.1) is 0 Å². The van der Waals surface area contributed by atoms with Gasteiger partial charge in [0.15, 0.2) is 0 Å². The average molecular weight is 245 g/mol. The van der Waals surface area contributed by atoms with E-state index in [0.29, 0.717) is 17.6 Å². The molecule has 0 aliphatic heterocycles. The second-order valence-electron chi connectivity index (χ2n) is 5.43. The minimum atomic E-state index is -0.847. The number of rotatable bonds is 4. The molecule has 1 aromatic rings. The smallest absolute Gasteiger partial charge is 0.335 e. The molecule has 0 radical (unpaired) electrons. The molecule has 0 aromatic heterocycles. The second-order valence-corrected chi connectivity index (χ2v) is 5.43. The molecule has 0 spiro atoms. The van der Waals surface area contributed by atoms with Crippen molar-refractivity contribution in [1.29, 1.82) is 0 Å². The van der Waals surface area contributed by atoms with Gasteiger partial charge in [0.2, 0.25) is 0 Å². The molecule has 0 amide bonds. The summed E-state index contributed by atoms with van der Waals surface area (Å²) in [7, 11) is 0. The van der Waals surface area contributed by atoms with Gasteiger partial charge in [-0.25, -0.2) is 4.79 Å². The van der Waals surface area contributed by atoms with Crippen molar-refractivity contribution >= 4 is 11.7 Å². The molecule has 0 bridgehead atoms. The van der Waals surface area contributed by atoms with Gasteiger partial charge in [0.1, 0.15) is 0 Å². The molecule has 1 aromatic carbocycles. The number of anilines is 1. The topological polar surface area (TPSA) is 40.5 Å². The van der Waals surface area contributed by atoms with Crippen LogP contribution >= 0.6 is 0 Å². The summed E-state index contributed by atoms with van der Waals surface area (Å²) in [6, 6.07) is 8.77. The largest absolute Gasteiger partial charge is 0.478 e. The summed E-state index contributed by atoms with van der Waals surface area (Å²) in [6.07, 6.45) is 7.82. The third-order valence-electron chi connectivity index (χ3n) is 4.35. The van der Waals surface area contributed by atoms with Gasteiger partial charge >= 0.3 is 5.97 Å². The Labute approximate surface area is 107 Å². The van der Waals surface area contributed by atoms with E-state index in [-0.39, 0.29) is 0 Å². The summed E-state index contributed by atoms with van der Waals surface area (Å²) >= 11 is 0. The first-order valence-corrected chi connectivity index (χ1v) is 6.87. The number of nitrogens with zero attached hydrogens (tertiary/aromatic N) is 1. The number of hydrogen-bond acceptors (Lipinski definition) is 2. The maximum absolute atomic E-state index is 10.9. The van der Waals surface area contributed by atoms with Crippen LogP contribution in [0.4, 0.5) is 5.69 Å². The highest BCUT2D eigenvalue weighted by molar-refractivity contribution is 5.88. The van der Waals surface area contributed by atoms with Crippen molar-refractivity contribution in [2.45, 2.75) is 50.6 Å². The minimum absolute atomic E-state index is 0.376. The maximum atomic E-state index is 10.9. The number of carboxylic acids is 1. The predicted octanol–water partition coefficient (Wildman–Crippen LogP) is 3.30. The summed E-state index contributed by atoms with van der Waals surface area (Å²) in [4.78, 5) is 13.4. The Morgan fingerprint density at radius 2 is 1.50 bits per heavy atom. The SMILES string of the molecule is O=C(O)c1ccc(N(C2CCC2)C2CCC2)cc1. The van der Waals surface area contributed by atoms with E-state index in [1.165, 1.54) is 44.2 Å². The highest BCUT2D eigenvalue weighted by Crippen LogP contribution is 2.37. The molecule has 0 saturated heterocycles.